The molecule has 2 bridgehead atoms. The molecular weight excluding hydrogens is 430 g/mol. The van der Waals surface area contributed by atoms with Gasteiger partial charge in [0, 0.05) is 29.5 Å². The van der Waals surface area contributed by atoms with E-state index in [0.29, 0.717) is 0 Å². The first kappa shape index (κ1) is 21.5. The molecular formula is C29H26ClNO2. The zero-order valence-corrected chi connectivity index (χ0v) is 19.5. The Balaban J connectivity index is 0.00000228. The van der Waals surface area contributed by atoms with Crippen LogP contribution in [0.25, 0.3) is 0 Å². The lowest BCUT2D eigenvalue weighted by Crippen LogP contribution is -3.00. The van der Waals surface area contributed by atoms with Gasteiger partial charge in [0.1, 0.15) is 11.5 Å². The van der Waals surface area contributed by atoms with Crippen molar-refractivity contribution in [2.75, 3.05) is 14.2 Å². The summed E-state index contributed by atoms with van der Waals surface area (Å²) in [5.74, 6) is 1.98. The molecule has 3 aliphatic rings. The van der Waals surface area contributed by atoms with E-state index < -0.39 is 0 Å². The number of aromatic nitrogens is 1. The zero-order valence-electron chi connectivity index (χ0n) is 18.7. The smallest absolute Gasteiger partial charge is 0.190 e. The highest BCUT2D eigenvalue weighted by molar-refractivity contribution is 5.55. The summed E-state index contributed by atoms with van der Waals surface area (Å²) in [6, 6.07) is 33.3. The van der Waals surface area contributed by atoms with Crippen molar-refractivity contribution < 1.29 is 26.4 Å². The van der Waals surface area contributed by atoms with Crippen LogP contribution in [0.15, 0.2) is 97.2 Å². The molecule has 1 aliphatic carbocycles. The second-order valence-electron chi connectivity index (χ2n) is 8.74. The third kappa shape index (κ3) is 3.07. The summed E-state index contributed by atoms with van der Waals surface area (Å²) in [7, 11) is 3.44. The van der Waals surface area contributed by atoms with Gasteiger partial charge in [-0.15, -0.1) is 0 Å². The lowest BCUT2D eigenvalue weighted by molar-refractivity contribution is -0.732. The normalized spacial score (nSPS) is 19.1. The summed E-state index contributed by atoms with van der Waals surface area (Å²) in [5, 5.41) is 0. The van der Waals surface area contributed by atoms with E-state index in [-0.39, 0.29) is 29.8 Å². The van der Waals surface area contributed by atoms with Crippen LogP contribution >= 0.6 is 0 Å². The molecule has 166 valence electrons. The van der Waals surface area contributed by atoms with Crippen LogP contribution in [-0.2, 0) is 5.41 Å². The highest BCUT2D eigenvalue weighted by Crippen LogP contribution is 2.59. The molecule has 2 unspecified atom stereocenters. The first-order valence-electron chi connectivity index (χ1n) is 11.1. The van der Waals surface area contributed by atoms with E-state index in [1.807, 2.05) is 0 Å². The molecule has 2 atom stereocenters. The summed E-state index contributed by atoms with van der Waals surface area (Å²) >= 11 is 0. The van der Waals surface area contributed by atoms with Gasteiger partial charge in [0.15, 0.2) is 17.9 Å². The van der Waals surface area contributed by atoms with E-state index in [1.165, 1.54) is 27.9 Å². The summed E-state index contributed by atoms with van der Waals surface area (Å²) in [6.45, 7) is 0. The summed E-state index contributed by atoms with van der Waals surface area (Å²) in [4.78, 5) is 0. The van der Waals surface area contributed by atoms with Crippen molar-refractivity contribution in [2.45, 2.75) is 23.8 Å². The molecule has 4 aromatic rings. The number of fused-ring (bicyclic) bond motifs is 1. The average Bonchev–Trinajstić information content (AvgIpc) is 2.88. The SMILES string of the molecule is COc1ccc(C2(c3ccc(OC)cc3)CC3c4ccccc4C2c2cccc[n+]23)cc1.[Cl-]. The Bertz CT molecular complexity index is 1190. The van der Waals surface area contributed by atoms with Gasteiger partial charge in [0.25, 0.3) is 0 Å². The second-order valence-corrected chi connectivity index (χ2v) is 8.74. The Morgan fingerprint density at radius 1 is 0.697 bits per heavy atom. The van der Waals surface area contributed by atoms with Crippen molar-refractivity contribution >= 4 is 0 Å². The number of nitrogens with zero attached hydrogens (tertiary/aromatic N) is 1. The Hall–Kier alpha value is -3.30. The Morgan fingerprint density at radius 2 is 1.24 bits per heavy atom. The molecule has 0 saturated carbocycles. The number of hydrogen-bond acceptors (Lipinski definition) is 2. The van der Waals surface area contributed by atoms with Gasteiger partial charge in [0.2, 0.25) is 0 Å². The second kappa shape index (κ2) is 8.24. The molecule has 0 saturated heterocycles. The minimum absolute atomic E-state index is 0. The summed E-state index contributed by atoms with van der Waals surface area (Å²) in [6.07, 6.45) is 3.25. The van der Waals surface area contributed by atoms with E-state index in [2.05, 4.69) is 102 Å². The number of benzene rings is 3. The number of pyridine rings is 1. The lowest BCUT2D eigenvalue weighted by Gasteiger charge is -2.50. The van der Waals surface area contributed by atoms with E-state index >= 15 is 0 Å². The summed E-state index contributed by atoms with van der Waals surface area (Å²) in [5.41, 5.74) is 6.71. The number of rotatable bonds is 4. The molecule has 2 aliphatic heterocycles. The molecule has 33 heavy (non-hydrogen) atoms. The Labute approximate surface area is 201 Å². The quantitative estimate of drug-likeness (QED) is 0.441. The maximum Gasteiger partial charge on any atom is 0.190 e. The molecule has 3 aromatic carbocycles. The summed E-state index contributed by atoms with van der Waals surface area (Å²) < 4.78 is 13.4. The van der Waals surface area contributed by atoms with Gasteiger partial charge in [-0.25, -0.2) is 0 Å². The van der Waals surface area contributed by atoms with Crippen molar-refractivity contribution in [3.63, 3.8) is 0 Å². The Kier molecular flexibility index (Phi) is 5.38. The monoisotopic (exact) mass is 455 g/mol. The van der Waals surface area contributed by atoms with Crippen LogP contribution in [-0.4, -0.2) is 14.2 Å². The molecule has 0 fully saturated rings. The van der Waals surface area contributed by atoms with E-state index in [9.17, 15) is 0 Å². The third-order valence-electron chi connectivity index (χ3n) is 7.44. The minimum atomic E-state index is -0.182. The fourth-order valence-electron chi connectivity index (χ4n) is 6.05. The standard InChI is InChI=1S/C29H26NO2.ClH/c1-31-22-14-10-20(11-15-22)29(21-12-16-23(32-2)17-13-21)19-27-24-7-3-4-8-25(24)28(29)26-9-5-6-18-30(26)27;/h3-18,27-28H,19H2,1-2H3;1H/q+1;/p-1. The van der Waals surface area contributed by atoms with E-state index in [0.717, 1.165) is 17.9 Å². The van der Waals surface area contributed by atoms with Crippen LogP contribution in [0, 0.1) is 0 Å². The number of hydrogen-bond donors (Lipinski definition) is 0. The van der Waals surface area contributed by atoms with Crippen LogP contribution in [0.1, 0.15) is 46.3 Å². The lowest BCUT2D eigenvalue weighted by atomic mass is 9.53. The van der Waals surface area contributed by atoms with Crippen molar-refractivity contribution in [2.24, 2.45) is 0 Å². The maximum absolute atomic E-state index is 5.48. The fraction of sp³-hybridized carbons (Fsp3) is 0.207. The van der Waals surface area contributed by atoms with Crippen molar-refractivity contribution in [3.05, 3.63) is 125 Å². The molecule has 3 nitrogen and oxygen atoms in total. The molecule has 4 heteroatoms. The first-order valence-corrected chi connectivity index (χ1v) is 11.1. The third-order valence-corrected chi connectivity index (χ3v) is 7.44. The minimum Gasteiger partial charge on any atom is -1.00 e. The predicted octanol–water partition coefficient (Wildman–Crippen LogP) is 2.42. The van der Waals surface area contributed by atoms with Gasteiger partial charge in [0.05, 0.1) is 20.1 Å². The highest BCUT2D eigenvalue weighted by atomic mass is 35.5. The zero-order chi connectivity index (χ0) is 21.7. The van der Waals surface area contributed by atoms with E-state index in [4.69, 9.17) is 9.47 Å². The number of ether oxygens (including phenoxy) is 2. The first-order chi connectivity index (χ1) is 15.8. The number of halogens is 1. The molecule has 0 spiro atoms. The Morgan fingerprint density at radius 3 is 1.82 bits per heavy atom. The van der Waals surface area contributed by atoms with Gasteiger partial charge in [-0.3, -0.25) is 0 Å². The van der Waals surface area contributed by atoms with Crippen molar-refractivity contribution in [1.82, 2.24) is 0 Å². The van der Waals surface area contributed by atoms with Gasteiger partial charge in [-0.05, 0) is 41.0 Å². The molecule has 0 N–H and O–H groups in total. The highest BCUT2D eigenvalue weighted by Gasteiger charge is 2.59. The topological polar surface area (TPSA) is 22.3 Å². The van der Waals surface area contributed by atoms with Gasteiger partial charge >= 0.3 is 0 Å². The van der Waals surface area contributed by atoms with Crippen LogP contribution in [0.2, 0.25) is 0 Å². The van der Waals surface area contributed by atoms with Gasteiger partial charge < -0.3 is 21.9 Å². The molecule has 7 rings (SSSR count). The molecule has 1 aromatic heterocycles. The van der Waals surface area contributed by atoms with Crippen LogP contribution in [0.5, 0.6) is 11.5 Å². The van der Waals surface area contributed by atoms with Gasteiger partial charge in [-0.1, -0.05) is 54.6 Å². The molecule has 3 heterocycles. The van der Waals surface area contributed by atoms with Crippen LogP contribution in [0.4, 0.5) is 0 Å². The maximum atomic E-state index is 5.48. The van der Waals surface area contributed by atoms with E-state index in [1.54, 1.807) is 14.2 Å². The van der Waals surface area contributed by atoms with Crippen molar-refractivity contribution in [3.8, 4) is 11.5 Å². The van der Waals surface area contributed by atoms with Crippen molar-refractivity contribution in [1.29, 1.82) is 0 Å². The fourth-order valence-corrected chi connectivity index (χ4v) is 6.05. The average molecular weight is 456 g/mol. The predicted molar refractivity (Wildman–Crippen MR) is 124 cm³/mol. The largest absolute Gasteiger partial charge is 1.00 e. The van der Waals surface area contributed by atoms with Crippen LogP contribution in [0.3, 0.4) is 0 Å². The van der Waals surface area contributed by atoms with Gasteiger partial charge in [-0.2, -0.15) is 4.57 Å². The molecule has 0 amide bonds. The number of methoxy groups -OCH3 is 2. The molecule has 0 radical (unpaired) electrons. The van der Waals surface area contributed by atoms with Crippen LogP contribution < -0.4 is 26.4 Å².